The van der Waals surface area contributed by atoms with Gasteiger partial charge in [-0.25, -0.2) is 14.3 Å². The van der Waals surface area contributed by atoms with Crippen molar-refractivity contribution in [1.29, 1.82) is 0 Å². The van der Waals surface area contributed by atoms with Gasteiger partial charge in [0.1, 0.15) is 48.5 Å². The summed E-state index contributed by atoms with van der Waals surface area (Å²) in [5.41, 5.74) is 5.59. The summed E-state index contributed by atoms with van der Waals surface area (Å²) in [5.74, 6) is 0.278. The van der Waals surface area contributed by atoms with E-state index in [1.54, 1.807) is 26.0 Å². The fourth-order valence-electron chi connectivity index (χ4n) is 3.09. The van der Waals surface area contributed by atoms with Crippen molar-refractivity contribution in [1.82, 2.24) is 14.6 Å². The van der Waals surface area contributed by atoms with Crippen molar-refractivity contribution in [3.63, 3.8) is 0 Å². The van der Waals surface area contributed by atoms with E-state index in [-0.39, 0.29) is 18.5 Å². The van der Waals surface area contributed by atoms with E-state index in [1.807, 2.05) is 6.92 Å². The molecule has 0 saturated carbocycles. The van der Waals surface area contributed by atoms with Gasteiger partial charge in [-0.3, -0.25) is 0 Å². The molecule has 5 atom stereocenters. The normalized spacial score (nSPS) is 29.0. The molecule has 10 heteroatoms. The molecule has 148 valence electrons. The predicted octanol–water partition coefficient (Wildman–Crippen LogP) is 0.599. The lowest BCUT2D eigenvalue weighted by Gasteiger charge is -2.27. The first-order valence-corrected chi connectivity index (χ1v) is 8.74. The van der Waals surface area contributed by atoms with E-state index in [2.05, 4.69) is 10.1 Å². The van der Waals surface area contributed by atoms with Gasteiger partial charge in [0.2, 0.25) is 0 Å². The number of aliphatic hydroxyl groups excluding tert-OH is 2. The van der Waals surface area contributed by atoms with Crippen LogP contribution in [0.3, 0.4) is 0 Å². The average Bonchev–Trinajstić information content (AvgIpc) is 3.17. The van der Waals surface area contributed by atoms with Crippen LogP contribution in [0.5, 0.6) is 0 Å². The quantitative estimate of drug-likeness (QED) is 0.636. The van der Waals surface area contributed by atoms with Gasteiger partial charge in [0, 0.05) is 0 Å². The second-order valence-corrected chi connectivity index (χ2v) is 6.76. The standard InChI is InChI=1S/C17H24N4O6/c1-4-9(2)26-16(24)25-7-11-13(22)14(23)17(3,27-11)12-6-5-10-15(18)19-8-20-21(10)12/h5-6,8-9,11,13-14,22-23H,4,7H2,1-3H3,(H2,18,19,20)/t9-,11-,13-,14-,17+/m1/s1. The van der Waals surface area contributed by atoms with E-state index in [4.69, 9.17) is 19.9 Å². The van der Waals surface area contributed by atoms with Crippen LogP contribution in [0, 0.1) is 0 Å². The highest BCUT2D eigenvalue weighted by atomic mass is 16.7. The molecule has 0 aliphatic carbocycles. The van der Waals surface area contributed by atoms with E-state index in [9.17, 15) is 15.0 Å². The zero-order chi connectivity index (χ0) is 19.8. The number of rotatable bonds is 5. The lowest BCUT2D eigenvalue weighted by Crippen LogP contribution is -2.39. The number of nitrogens with two attached hydrogens (primary N) is 1. The maximum atomic E-state index is 11.7. The Kier molecular flexibility index (Phi) is 5.22. The molecule has 4 N–H and O–H groups in total. The van der Waals surface area contributed by atoms with Crippen molar-refractivity contribution in [3.05, 3.63) is 24.2 Å². The van der Waals surface area contributed by atoms with Crippen LogP contribution in [-0.2, 0) is 19.8 Å². The van der Waals surface area contributed by atoms with Crippen LogP contribution < -0.4 is 5.73 Å². The van der Waals surface area contributed by atoms with Crippen molar-refractivity contribution >= 4 is 17.5 Å². The van der Waals surface area contributed by atoms with Gasteiger partial charge in [-0.1, -0.05) is 6.92 Å². The van der Waals surface area contributed by atoms with E-state index >= 15 is 0 Å². The summed E-state index contributed by atoms with van der Waals surface area (Å²) in [6.07, 6.45) is -2.66. The van der Waals surface area contributed by atoms with Gasteiger partial charge in [0.15, 0.2) is 5.82 Å². The average molecular weight is 380 g/mol. The molecular weight excluding hydrogens is 356 g/mol. The molecule has 1 fully saturated rings. The van der Waals surface area contributed by atoms with E-state index < -0.39 is 30.1 Å². The Bertz CT molecular complexity index is 827. The van der Waals surface area contributed by atoms with Gasteiger partial charge < -0.3 is 30.2 Å². The number of carbonyl (C=O) groups is 1. The number of aromatic nitrogens is 3. The molecule has 1 saturated heterocycles. The molecule has 2 aromatic rings. The first kappa shape index (κ1) is 19.3. The number of hydrogen-bond donors (Lipinski definition) is 3. The highest BCUT2D eigenvalue weighted by Gasteiger charge is 2.54. The number of anilines is 1. The second kappa shape index (κ2) is 7.29. The molecule has 0 bridgehead atoms. The van der Waals surface area contributed by atoms with E-state index in [0.29, 0.717) is 17.6 Å². The summed E-state index contributed by atoms with van der Waals surface area (Å²) in [5, 5.41) is 25.1. The van der Waals surface area contributed by atoms with Crippen LogP contribution in [0.25, 0.3) is 5.52 Å². The molecule has 27 heavy (non-hydrogen) atoms. The van der Waals surface area contributed by atoms with Crippen molar-refractivity contribution < 1.29 is 29.2 Å². The van der Waals surface area contributed by atoms with Gasteiger partial charge in [0.05, 0.1) is 5.69 Å². The van der Waals surface area contributed by atoms with E-state index in [0.717, 1.165) is 0 Å². The Hall–Kier alpha value is -2.43. The maximum Gasteiger partial charge on any atom is 0.508 e. The first-order valence-electron chi connectivity index (χ1n) is 8.74. The van der Waals surface area contributed by atoms with Gasteiger partial charge in [-0.2, -0.15) is 5.10 Å². The Balaban J connectivity index is 1.77. The van der Waals surface area contributed by atoms with Crippen LogP contribution >= 0.6 is 0 Å². The summed E-state index contributed by atoms with van der Waals surface area (Å²) in [4.78, 5) is 15.6. The highest BCUT2D eigenvalue weighted by molar-refractivity contribution is 5.65. The van der Waals surface area contributed by atoms with Crippen LogP contribution in [0.4, 0.5) is 10.6 Å². The third-order valence-electron chi connectivity index (χ3n) is 4.89. The van der Waals surface area contributed by atoms with Crippen LogP contribution in [-0.4, -0.2) is 62.0 Å². The van der Waals surface area contributed by atoms with Gasteiger partial charge in [-0.15, -0.1) is 0 Å². The van der Waals surface area contributed by atoms with Crippen molar-refractivity contribution in [2.45, 2.75) is 57.2 Å². The zero-order valence-electron chi connectivity index (χ0n) is 15.4. The molecular formula is C17H24N4O6. The van der Waals surface area contributed by atoms with Gasteiger partial charge in [-0.05, 0) is 32.4 Å². The summed E-state index contributed by atoms with van der Waals surface area (Å²) in [6.45, 7) is 4.98. The zero-order valence-corrected chi connectivity index (χ0v) is 15.4. The molecule has 2 aromatic heterocycles. The fourth-order valence-corrected chi connectivity index (χ4v) is 3.09. The molecule has 10 nitrogen and oxygen atoms in total. The fraction of sp³-hybridized carbons (Fsp3) is 0.588. The van der Waals surface area contributed by atoms with Crippen LogP contribution in [0.2, 0.25) is 0 Å². The number of ether oxygens (including phenoxy) is 3. The largest absolute Gasteiger partial charge is 0.508 e. The topological polar surface area (TPSA) is 141 Å². The number of nitrogens with zero attached hydrogens (tertiary/aromatic N) is 3. The van der Waals surface area contributed by atoms with Crippen LogP contribution in [0.15, 0.2) is 18.5 Å². The molecule has 0 unspecified atom stereocenters. The smallest absolute Gasteiger partial charge is 0.431 e. The molecule has 3 rings (SSSR count). The number of fused-ring (bicyclic) bond motifs is 1. The minimum atomic E-state index is -1.29. The highest BCUT2D eigenvalue weighted by Crippen LogP contribution is 2.40. The number of nitrogen functional groups attached to an aromatic ring is 1. The van der Waals surface area contributed by atoms with E-state index in [1.165, 1.54) is 10.8 Å². The number of hydrogen-bond acceptors (Lipinski definition) is 9. The second-order valence-electron chi connectivity index (χ2n) is 6.76. The Morgan fingerprint density at radius 1 is 1.48 bits per heavy atom. The molecule has 0 aromatic carbocycles. The monoisotopic (exact) mass is 380 g/mol. The number of carbonyl (C=O) groups excluding carboxylic acids is 1. The minimum absolute atomic E-state index is 0.260. The predicted molar refractivity (Wildman–Crippen MR) is 93.8 cm³/mol. The third kappa shape index (κ3) is 3.43. The summed E-state index contributed by atoms with van der Waals surface area (Å²) >= 11 is 0. The summed E-state index contributed by atoms with van der Waals surface area (Å²) in [7, 11) is 0. The molecule has 3 heterocycles. The van der Waals surface area contributed by atoms with Gasteiger partial charge in [0.25, 0.3) is 0 Å². The molecule has 0 radical (unpaired) electrons. The molecule has 1 aliphatic heterocycles. The SMILES string of the molecule is CC[C@@H](C)OC(=O)OC[C@H]1O[C@@](C)(c2ccc3c(N)ncnn23)[C@H](O)[C@@H]1O. The van der Waals surface area contributed by atoms with Gasteiger partial charge >= 0.3 is 6.16 Å². The lowest BCUT2D eigenvalue weighted by atomic mass is 9.93. The molecule has 1 aliphatic rings. The number of aliphatic hydroxyl groups is 2. The van der Waals surface area contributed by atoms with Crippen LogP contribution in [0.1, 0.15) is 32.9 Å². The molecule has 0 amide bonds. The molecule has 0 spiro atoms. The van der Waals surface area contributed by atoms with Crippen molar-refractivity contribution in [2.75, 3.05) is 12.3 Å². The maximum absolute atomic E-state index is 11.7. The Labute approximate surface area is 155 Å². The minimum Gasteiger partial charge on any atom is -0.431 e. The van der Waals surface area contributed by atoms with Crippen molar-refractivity contribution in [3.8, 4) is 0 Å². The first-order chi connectivity index (χ1) is 12.8. The Morgan fingerprint density at radius 3 is 2.93 bits per heavy atom. The lowest BCUT2D eigenvalue weighted by molar-refractivity contribution is -0.0950. The Morgan fingerprint density at radius 2 is 2.22 bits per heavy atom. The van der Waals surface area contributed by atoms with Crippen molar-refractivity contribution in [2.24, 2.45) is 0 Å². The third-order valence-corrected chi connectivity index (χ3v) is 4.89. The summed E-state index contributed by atoms with van der Waals surface area (Å²) < 4.78 is 17.4. The summed E-state index contributed by atoms with van der Waals surface area (Å²) in [6, 6.07) is 3.39.